The summed E-state index contributed by atoms with van der Waals surface area (Å²) in [5.74, 6) is 0. The van der Waals surface area contributed by atoms with E-state index in [2.05, 4.69) is 3.95 Å². The molecular formula is H6INO2. The number of nitrogens with two attached hydrogens (primary N) is 1. The molecule has 0 atom stereocenters. The van der Waals surface area contributed by atoms with Gasteiger partial charge in [0.2, 0.25) is 0 Å². The summed E-state index contributed by atoms with van der Waals surface area (Å²) in [5, 5.41) is 0. The van der Waals surface area contributed by atoms with Gasteiger partial charge >= 0.3 is 0 Å². The Bertz CT molecular complexity index is 6.00. The van der Waals surface area contributed by atoms with E-state index in [0.29, 0.717) is 0 Å². The lowest BCUT2D eigenvalue weighted by atomic mass is 14.0. The fourth-order valence-corrected chi connectivity index (χ4v) is 0. The van der Waals surface area contributed by atoms with E-state index in [1.165, 1.54) is 0 Å². The molecule has 0 fully saturated rings. The standard InChI is InChI=1S/H2IN.2H2O/c1-2;;/h2H2;2*1H2. The van der Waals surface area contributed by atoms with E-state index in [9.17, 15) is 0 Å². The number of halogens is 1. The lowest BCUT2D eigenvalue weighted by Gasteiger charge is -1.14. The van der Waals surface area contributed by atoms with Crippen LogP contribution in [0.5, 0.6) is 0 Å². The molecule has 0 aromatic carbocycles. The highest BCUT2D eigenvalue weighted by atomic mass is 127. The zero-order valence-electron chi connectivity index (χ0n) is 1.96. The van der Waals surface area contributed by atoms with Gasteiger partial charge in [-0.1, -0.05) is 0 Å². The first-order chi connectivity index (χ1) is 1.00. The van der Waals surface area contributed by atoms with Crippen LogP contribution in [-0.2, 0) is 0 Å². The summed E-state index contributed by atoms with van der Waals surface area (Å²) >= 11 is 1.65. The Balaban J connectivity index is -0.00000000500. The minimum Gasteiger partial charge on any atom is -0.412 e. The Kier molecular flexibility index (Phi) is 383. The molecule has 0 radical (unpaired) electrons. The molecule has 0 aliphatic carbocycles. The first-order valence-electron chi connectivity index (χ1n) is 0.218. The quantitative estimate of drug-likeness (QED) is 0.361. The normalized spacial score (nSPS) is 1.50. The second-order valence-electron chi connectivity index (χ2n) is 0. The highest BCUT2D eigenvalue weighted by Crippen LogP contribution is 1.31. The van der Waals surface area contributed by atoms with Crippen molar-refractivity contribution in [2.45, 2.75) is 0 Å². The molecule has 0 saturated heterocycles. The van der Waals surface area contributed by atoms with Crippen LogP contribution in [0.25, 0.3) is 0 Å². The Hall–Kier alpha value is 0.610. The van der Waals surface area contributed by atoms with Crippen molar-refractivity contribution in [2.75, 3.05) is 0 Å². The Morgan fingerprint density at radius 2 is 1.00 bits per heavy atom. The largest absolute Gasteiger partial charge is 0.412 e. The predicted molar refractivity (Wildman–Crippen MR) is 25.4 cm³/mol. The summed E-state index contributed by atoms with van der Waals surface area (Å²) in [6.45, 7) is 0. The summed E-state index contributed by atoms with van der Waals surface area (Å²) in [6.07, 6.45) is 0. The molecule has 0 aromatic rings. The molecule has 0 rings (SSSR count). The predicted octanol–water partition coefficient (Wildman–Crippen LogP) is -1.35. The first kappa shape index (κ1) is 23.2. The van der Waals surface area contributed by atoms with Gasteiger partial charge < -0.3 is 11.0 Å². The lowest BCUT2D eigenvalue weighted by Crippen LogP contribution is -1.45. The highest BCUT2D eigenvalue weighted by Gasteiger charge is 0.880. The third-order valence-electron chi connectivity index (χ3n) is 0. The Morgan fingerprint density at radius 1 is 1.00 bits per heavy atom. The van der Waals surface area contributed by atoms with Crippen LogP contribution in [0.3, 0.4) is 0 Å². The topological polar surface area (TPSA) is 89.0 Å². The summed E-state index contributed by atoms with van der Waals surface area (Å²) < 4.78 is 4.47. The molecule has 6 N–H and O–H groups in total. The molecule has 0 aromatic heterocycles. The zero-order valence-corrected chi connectivity index (χ0v) is 4.11. The van der Waals surface area contributed by atoms with Crippen LogP contribution >= 0.6 is 22.9 Å². The van der Waals surface area contributed by atoms with Crippen LogP contribution in [0.1, 0.15) is 0 Å². The maximum absolute atomic E-state index is 4.47. The molecule has 30 valence electrons. The van der Waals surface area contributed by atoms with Gasteiger partial charge in [0, 0.05) is 22.9 Å². The van der Waals surface area contributed by atoms with Crippen molar-refractivity contribution < 1.29 is 11.0 Å². The second-order valence-corrected chi connectivity index (χ2v) is 0. The molecular weight excluding hydrogens is 173 g/mol. The summed E-state index contributed by atoms with van der Waals surface area (Å²) in [4.78, 5) is 0. The van der Waals surface area contributed by atoms with Gasteiger partial charge in [0.25, 0.3) is 0 Å². The summed E-state index contributed by atoms with van der Waals surface area (Å²) in [5.41, 5.74) is 0. The third-order valence-corrected chi connectivity index (χ3v) is 0. The van der Waals surface area contributed by atoms with Gasteiger partial charge in [0.1, 0.15) is 0 Å². The average molecular weight is 179 g/mol. The highest BCUT2D eigenvalue weighted by molar-refractivity contribution is 14.1. The van der Waals surface area contributed by atoms with Crippen molar-refractivity contribution in [2.24, 2.45) is 3.95 Å². The third kappa shape index (κ3) is 18.2. The zero-order chi connectivity index (χ0) is 2.00. The van der Waals surface area contributed by atoms with Crippen LogP contribution in [0.2, 0.25) is 0 Å². The first-order valence-corrected chi connectivity index (χ1v) is 1.46. The number of rotatable bonds is 0. The van der Waals surface area contributed by atoms with Crippen molar-refractivity contribution in [3.05, 3.63) is 0 Å². The molecule has 0 aliphatic heterocycles. The Morgan fingerprint density at radius 3 is 1.00 bits per heavy atom. The Labute approximate surface area is 38.3 Å². The molecule has 0 unspecified atom stereocenters. The van der Waals surface area contributed by atoms with Gasteiger partial charge in [-0.05, 0) is 0 Å². The monoisotopic (exact) mass is 179 g/mol. The van der Waals surface area contributed by atoms with Crippen molar-refractivity contribution in [3.63, 3.8) is 0 Å². The van der Waals surface area contributed by atoms with Gasteiger partial charge in [-0.3, -0.25) is 3.95 Å². The maximum Gasteiger partial charge on any atom is 0.0137 e. The lowest BCUT2D eigenvalue weighted by molar-refractivity contribution is 0.823. The molecule has 0 saturated carbocycles. The van der Waals surface area contributed by atoms with E-state index >= 15 is 0 Å². The summed E-state index contributed by atoms with van der Waals surface area (Å²) in [6, 6.07) is 0. The molecule has 4 heavy (non-hydrogen) atoms. The van der Waals surface area contributed by atoms with E-state index in [1.54, 1.807) is 22.9 Å². The molecule has 0 aliphatic rings. The van der Waals surface area contributed by atoms with Crippen molar-refractivity contribution >= 4 is 22.9 Å². The average Bonchev–Trinajstić information content (AvgIpc) is 1.00. The molecule has 0 heterocycles. The van der Waals surface area contributed by atoms with Gasteiger partial charge in [-0.15, -0.1) is 0 Å². The fourth-order valence-electron chi connectivity index (χ4n) is 0. The van der Waals surface area contributed by atoms with Crippen LogP contribution in [0.15, 0.2) is 0 Å². The van der Waals surface area contributed by atoms with Crippen LogP contribution < -0.4 is 3.95 Å². The van der Waals surface area contributed by atoms with Crippen LogP contribution in [0.4, 0.5) is 0 Å². The molecule has 4 heteroatoms. The number of hydrogen-bond donors (Lipinski definition) is 1. The van der Waals surface area contributed by atoms with Gasteiger partial charge in [0.05, 0.1) is 0 Å². The van der Waals surface area contributed by atoms with Crippen molar-refractivity contribution in [1.82, 2.24) is 0 Å². The smallest absolute Gasteiger partial charge is 0.0137 e. The van der Waals surface area contributed by atoms with Gasteiger partial charge in [0.15, 0.2) is 0 Å². The van der Waals surface area contributed by atoms with E-state index < -0.39 is 0 Å². The molecule has 3 nitrogen and oxygen atoms in total. The van der Waals surface area contributed by atoms with Gasteiger partial charge in [-0.25, -0.2) is 0 Å². The van der Waals surface area contributed by atoms with E-state index in [4.69, 9.17) is 0 Å². The number of hydrogen-bond acceptors (Lipinski definition) is 1. The van der Waals surface area contributed by atoms with Crippen LogP contribution in [0, 0.1) is 0 Å². The maximum atomic E-state index is 4.47. The molecule has 0 amide bonds. The minimum atomic E-state index is 0. The second kappa shape index (κ2) is 66.1. The fraction of sp³-hybridized carbons (Fsp3) is 0. The summed E-state index contributed by atoms with van der Waals surface area (Å²) in [7, 11) is 0. The van der Waals surface area contributed by atoms with Crippen LogP contribution in [-0.4, -0.2) is 11.0 Å². The van der Waals surface area contributed by atoms with Crippen molar-refractivity contribution in [1.29, 1.82) is 0 Å². The molecule has 0 bridgehead atoms. The van der Waals surface area contributed by atoms with Crippen molar-refractivity contribution in [3.8, 4) is 0 Å². The van der Waals surface area contributed by atoms with E-state index in [1.807, 2.05) is 0 Å². The SMILES string of the molecule is NI.O.O. The minimum absolute atomic E-state index is 0. The van der Waals surface area contributed by atoms with E-state index in [-0.39, 0.29) is 11.0 Å². The van der Waals surface area contributed by atoms with E-state index in [0.717, 1.165) is 0 Å². The molecule has 0 spiro atoms. The van der Waals surface area contributed by atoms with Gasteiger partial charge in [-0.2, -0.15) is 0 Å².